The lowest BCUT2D eigenvalue weighted by Crippen LogP contribution is -2.49. The highest BCUT2D eigenvalue weighted by Crippen LogP contribution is 2.34. The van der Waals surface area contributed by atoms with E-state index in [-0.39, 0.29) is 42.7 Å². The zero-order chi connectivity index (χ0) is 13.0. The Morgan fingerprint density at radius 2 is 1.89 bits per heavy atom. The molecule has 1 saturated carbocycles. The zero-order valence-electron chi connectivity index (χ0n) is 12.4. The summed E-state index contributed by atoms with van der Waals surface area (Å²) in [4.78, 5) is 14.1. The molecule has 116 valence electrons. The quantitative estimate of drug-likeness (QED) is 0.751. The van der Waals surface area contributed by atoms with Crippen LogP contribution in [0.2, 0.25) is 0 Å². The molecule has 0 saturated heterocycles. The highest BCUT2D eigenvalue weighted by Gasteiger charge is 2.33. The number of amides is 1. The molecular weight excluding hydrogens is 285 g/mol. The standard InChI is InChI=1S/C13H27N3O.2ClH/c1-5-9(2)12(14)13(17)15-8-11(16(3)4)10-6-7-10;;/h9-12H,5-8,14H2,1-4H3,(H,15,17);2*1H. The minimum Gasteiger partial charge on any atom is -0.353 e. The summed E-state index contributed by atoms with van der Waals surface area (Å²) < 4.78 is 0. The van der Waals surface area contributed by atoms with E-state index in [1.807, 2.05) is 6.92 Å². The Bertz CT molecular complexity index is 258. The van der Waals surface area contributed by atoms with Gasteiger partial charge in [-0.25, -0.2) is 0 Å². The summed E-state index contributed by atoms with van der Waals surface area (Å²) in [6.45, 7) is 4.81. The topological polar surface area (TPSA) is 58.4 Å². The van der Waals surface area contributed by atoms with Gasteiger partial charge in [-0.15, -0.1) is 24.8 Å². The van der Waals surface area contributed by atoms with E-state index in [0.29, 0.717) is 6.04 Å². The number of hydrogen-bond donors (Lipinski definition) is 2. The molecule has 1 rings (SSSR count). The van der Waals surface area contributed by atoms with Crippen LogP contribution >= 0.6 is 24.8 Å². The monoisotopic (exact) mass is 313 g/mol. The smallest absolute Gasteiger partial charge is 0.237 e. The molecule has 0 radical (unpaired) electrons. The molecule has 3 unspecified atom stereocenters. The lowest BCUT2D eigenvalue weighted by Gasteiger charge is -2.26. The summed E-state index contributed by atoms with van der Waals surface area (Å²) >= 11 is 0. The summed E-state index contributed by atoms with van der Waals surface area (Å²) in [5, 5.41) is 2.99. The van der Waals surface area contributed by atoms with Gasteiger partial charge in [0.1, 0.15) is 0 Å². The van der Waals surface area contributed by atoms with Gasteiger partial charge >= 0.3 is 0 Å². The van der Waals surface area contributed by atoms with Gasteiger partial charge in [0.05, 0.1) is 6.04 Å². The van der Waals surface area contributed by atoms with Crippen LogP contribution in [0.15, 0.2) is 0 Å². The van der Waals surface area contributed by atoms with Gasteiger partial charge in [0.15, 0.2) is 0 Å². The van der Waals surface area contributed by atoms with Crippen molar-refractivity contribution in [2.75, 3.05) is 20.6 Å². The largest absolute Gasteiger partial charge is 0.353 e. The van der Waals surface area contributed by atoms with Gasteiger partial charge in [-0.3, -0.25) is 4.79 Å². The second kappa shape index (κ2) is 9.81. The van der Waals surface area contributed by atoms with E-state index < -0.39 is 0 Å². The molecule has 0 bridgehead atoms. The molecule has 0 aliphatic heterocycles. The zero-order valence-corrected chi connectivity index (χ0v) is 14.0. The van der Waals surface area contributed by atoms with Gasteiger partial charge < -0.3 is 16.0 Å². The Kier molecular flexibility index (Phi) is 11.0. The maximum atomic E-state index is 11.9. The molecule has 19 heavy (non-hydrogen) atoms. The van der Waals surface area contributed by atoms with E-state index in [0.717, 1.165) is 18.9 Å². The van der Waals surface area contributed by atoms with Crippen LogP contribution in [-0.2, 0) is 4.79 Å². The van der Waals surface area contributed by atoms with Crippen molar-refractivity contribution in [3.05, 3.63) is 0 Å². The van der Waals surface area contributed by atoms with Gasteiger partial charge in [0, 0.05) is 12.6 Å². The van der Waals surface area contributed by atoms with Crippen LogP contribution in [0.25, 0.3) is 0 Å². The van der Waals surface area contributed by atoms with E-state index in [9.17, 15) is 4.79 Å². The molecule has 1 aliphatic rings. The first-order valence-corrected chi connectivity index (χ1v) is 6.67. The Balaban J connectivity index is 0. The predicted molar refractivity (Wildman–Crippen MR) is 85.1 cm³/mol. The Morgan fingerprint density at radius 3 is 2.26 bits per heavy atom. The summed E-state index contributed by atoms with van der Waals surface area (Å²) in [6.07, 6.45) is 3.51. The second-order valence-corrected chi connectivity index (χ2v) is 5.52. The first-order chi connectivity index (χ1) is 7.97. The number of halogens is 2. The maximum Gasteiger partial charge on any atom is 0.237 e. The fraction of sp³-hybridized carbons (Fsp3) is 0.923. The minimum atomic E-state index is -0.373. The fourth-order valence-corrected chi connectivity index (χ4v) is 2.09. The molecule has 3 atom stereocenters. The number of nitrogens with zero attached hydrogens (tertiary/aromatic N) is 1. The number of nitrogens with two attached hydrogens (primary N) is 1. The van der Waals surface area contributed by atoms with E-state index >= 15 is 0 Å². The van der Waals surface area contributed by atoms with Crippen molar-refractivity contribution in [1.29, 1.82) is 0 Å². The van der Waals surface area contributed by atoms with Crippen LogP contribution in [0.1, 0.15) is 33.1 Å². The fourth-order valence-electron chi connectivity index (χ4n) is 2.09. The molecule has 3 N–H and O–H groups in total. The van der Waals surface area contributed by atoms with Crippen molar-refractivity contribution in [2.45, 2.75) is 45.2 Å². The van der Waals surface area contributed by atoms with E-state index in [1.165, 1.54) is 12.8 Å². The highest BCUT2D eigenvalue weighted by atomic mass is 35.5. The molecule has 1 amide bonds. The number of hydrogen-bond acceptors (Lipinski definition) is 3. The van der Waals surface area contributed by atoms with Gasteiger partial charge in [-0.1, -0.05) is 20.3 Å². The van der Waals surface area contributed by atoms with Crippen molar-refractivity contribution in [3.63, 3.8) is 0 Å². The maximum absolute atomic E-state index is 11.9. The molecule has 1 fully saturated rings. The number of nitrogens with one attached hydrogen (secondary N) is 1. The molecular formula is C13H29Cl2N3O. The van der Waals surface area contributed by atoms with Crippen molar-refractivity contribution >= 4 is 30.7 Å². The summed E-state index contributed by atoms with van der Waals surface area (Å²) in [5.41, 5.74) is 5.90. The second-order valence-electron chi connectivity index (χ2n) is 5.52. The number of carbonyl (C=O) groups is 1. The Morgan fingerprint density at radius 1 is 1.37 bits per heavy atom. The van der Waals surface area contributed by atoms with Crippen LogP contribution in [-0.4, -0.2) is 43.5 Å². The minimum absolute atomic E-state index is 0. The van der Waals surface area contributed by atoms with Crippen LogP contribution in [0.4, 0.5) is 0 Å². The normalized spacial score (nSPS) is 18.8. The number of rotatable bonds is 7. The van der Waals surface area contributed by atoms with E-state index in [2.05, 4.69) is 31.2 Å². The molecule has 0 aromatic heterocycles. The highest BCUT2D eigenvalue weighted by molar-refractivity contribution is 5.85. The summed E-state index contributed by atoms with van der Waals surface area (Å²) in [7, 11) is 4.15. The third-order valence-electron chi connectivity index (χ3n) is 3.87. The number of likely N-dealkylation sites (N-methyl/N-ethyl adjacent to an activating group) is 1. The van der Waals surface area contributed by atoms with Crippen molar-refractivity contribution in [1.82, 2.24) is 10.2 Å². The molecule has 0 aromatic rings. The lowest BCUT2D eigenvalue weighted by molar-refractivity contribution is -0.123. The first-order valence-electron chi connectivity index (χ1n) is 6.67. The molecule has 4 nitrogen and oxygen atoms in total. The van der Waals surface area contributed by atoms with Crippen LogP contribution in [0.3, 0.4) is 0 Å². The molecule has 6 heteroatoms. The third kappa shape index (κ3) is 6.80. The van der Waals surface area contributed by atoms with E-state index in [4.69, 9.17) is 5.73 Å². The van der Waals surface area contributed by atoms with Crippen molar-refractivity contribution in [3.8, 4) is 0 Å². The van der Waals surface area contributed by atoms with Crippen molar-refractivity contribution in [2.24, 2.45) is 17.6 Å². The average molecular weight is 314 g/mol. The number of carbonyl (C=O) groups excluding carboxylic acids is 1. The van der Waals surface area contributed by atoms with Crippen molar-refractivity contribution < 1.29 is 4.79 Å². The van der Waals surface area contributed by atoms with Crippen LogP contribution in [0.5, 0.6) is 0 Å². The summed E-state index contributed by atoms with van der Waals surface area (Å²) in [5.74, 6) is 0.991. The SMILES string of the molecule is CCC(C)C(N)C(=O)NCC(C1CC1)N(C)C.Cl.Cl. The molecule has 1 aliphatic carbocycles. The molecule has 0 spiro atoms. The first kappa shape index (κ1) is 21.3. The predicted octanol–water partition coefficient (Wildman–Crippen LogP) is 1.66. The molecule has 0 aromatic carbocycles. The summed E-state index contributed by atoms with van der Waals surface area (Å²) in [6, 6.07) is 0.0881. The van der Waals surface area contributed by atoms with E-state index in [1.54, 1.807) is 0 Å². The van der Waals surface area contributed by atoms with Gasteiger partial charge in [0.2, 0.25) is 5.91 Å². The Labute approximate surface area is 129 Å². The third-order valence-corrected chi connectivity index (χ3v) is 3.87. The Hall–Kier alpha value is -0.0300. The lowest BCUT2D eigenvalue weighted by atomic mass is 9.99. The van der Waals surface area contributed by atoms with Crippen LogP contribution < -0.4 is 11.1 Å². The molecule has 0 heterocycles. The van der Waals surface area contributed by atoms with Gasteiger partial charge in [-0.05, 0) is 38.8 Å². The van der Waals surface area contributed by atoms with Gasteiger partial charge in [0.25, 0.3) is 0 Å². The van der Waals surface area contributed by atoms with Gasteiger partial charge in [-0.2, -0.15) is 0 Å². The van der Waals surface area contributed by atoms with Crippen LogP contribution in [0, 0.1) is 11.8 Å². The average Bonchev–Trinajstić information content (AvgIpc) is 3.10.